The second-order valence-electron chi connectivity index (χ2n) is 2.74. The Morgan fingerprint density at radius 3 is 2.40 bits per heavy atom. The number of hydrogen-bond donors (Lipinski definition) is 1. The number of aryl methyl sites for hydroxylation is 1. The minimum Gasteiger partial charge on any atom is -0.508 e. The number of hydrogen-bond acceptors (Lipinski definition) is 3. The maximum absolute atomic E-state index is 10.1. The molecule has 1 rings (SSSR count). The normalized spacial score (nSPS) is 8.40. The lowest BCUT2D eigenvalue weighted by Crippen LogP contribution is -1.97. The SMILES string of the molecule is C=CC(=O)OCC.Cc1ccccc1O. The van der Waals surface area contributed by atoms with Crippen LogP contribution in [0.3, 0.4) is 0 Å². The number of para-hydroxylation sites is 1. The van der Waals surface area contributed by atoms with E-state index in [1.54, 1.807) is 13.0 Å². The van der Waals surface area contributed by atoms with Crippen molar-refractivity contribution in [1.82, 2.24) is 0 Å². The van der Waals surface area contributed by atoms with Crippen LogP contribution in [0.4, 0.5) is 0 Å². The summed E-state index contributed by atoms with van der Waals surface area (Å²) >= 11 is 0. The molecule has 0 bridgehead atoms. The summed E-state index contributed by atoms with van der Waals surface area (Å²) in [5.74, 6) is 0.00926. The fourth-order valence-corrected chi connectivity index (χ4v) is 0.765. The molecule has 1 N–H and O–H groups in total. The third-order valence-electron chi connectivity index (χ3n) is 1.57. The summed E-state index contributed by atoms with van der Waals surface area (Å²) in [5, 5.41) is 8.92. The lowest BCUT2D eigenvalue weighted by atomic mass is 10.2. The molecule has 0 aliphatic heterocycles. The van der Waals surface area contributed by atoms with Crippen LogP contribution in [0.15, 0.2) is 36.9 Å². The molecule has 1 aromatic carbocycles. The largest absolute Gasteiger partial charge is 0.508 e. The highest BCUT2D eigenvalue weighted by atomic mass is 16.5. The van der Waals surface area contributed by atoms with Crippen LogP contribution in [0, 0.1) is 6.92 Å². The number of phenolic OH excluding ortho intramolecular Hbond substituents is 1. The Hall–Kier alpha value is -1.77. The molecule has 0 atom stereocenters. The Labute approximate surface area is 90.0 Å². The summed E-state index contributed by atoms with van der Waals surface area (Å²) in [4.78, 5) is 10.1. The van der Waals surface area contributed by atoms with Gasteiger partial charge in [0, 0.05) is 6.08 Å². The number of rotatable bonds is 2. The first-order valence-electron chi connectivity index (χ1n) is 4.65. The monoisotopic (exact) mass is 208 g/mol. The van der Waals surface area contributed by atoms with E-state index in [1.807, 2.05) is 25.1 Å². The highest BCUT2D eigenvalue weighted by molar-refractivity contribution is 5.81. The van der Waals surface area contributed by atoms with Gasteiger partial charge in [0.05, 0.1) is 6.61 Å². The fraction of sp³-hybridized carbons (Fsp3) is 0.250. The third-order valence-corrected chi connectivity index (χ3v) is 1.57. The van der Waals surface area contributed by atoms with E-state index in [4.69, 9.17) is 5.11 Å². The number of phenols is 1. The van der Waals surface area contributed by atoms with Crippen molar-refractivity contribution in [2.75, 3.05) is 6.61 Å². The smallest absolute Gasteiger partial charge is 0.330 e. The average Bonchev–Trinajstić information content (AvgIpc) is 2.24. The van der Waals surface area contributed by atoms with Crippen molar-refractivity contribution in [3.63, 3.8) is 0 Å². The number of carbonyl (C=O) groups is 1. The van der Waals surface area contributed by atoms with Crippen LogP contribution in [0.2, 0.25) is 0 Å². The van der Waals surface area contributed by atoms with Crippen molar-refractivity contribution >= 4 is 5.97 Å². The first-order valence-corrected chi connectivity index (χ1v) is 4.65. The zero-order chi connectivity index (χ0) is 11.7. The molecule has 0 fully saturated rings. The molecule has 15 heavy (non-hydrogen) atoms. The zero-order valence-corrected chi connectivity index (χ0v) is 9.06. The van der Waals surface area contributed by atoms with Crippen LogP contribution in [-0.2, 0) is 9.53 Å². The maximum Gasteiger partial charge on any atom is 0.330 e. The molecule has 1 aromatic rings. The van der Waals surface area contributed by atoms with Gasteiger partial charge in [-0.1, -0.05) is 24.8 Å². The second kappa shape index (κ2) is 7.62. The summed E-state index contributed by atoms with van der Waals surface area (Å²) in [6.07, 6.45) is 1.14. The number of aromatic hydroxyl groups is 1. The summed E-state index contributed by atoms with van der Waals surface area (Å²) in [5.41, 5.74) is 0.924. The van der Waals surface area contributed by atoms with E-state index in [-0.39, 0.29) is 5.97 Å². The van der Waals surface area contributed by atoms with Crippen molar-refractivity contribution in [3.05, 3.63) is 42.5 Å². The molecule has 0 saturated carbocycles. The van der Waals surface area contributed by atoms with E-state index in [2.05, 4.69) is 11.3 Å². The van der Waals surface area contributed by atoms with Gasteiger partial charge in [-0.2, -0.15) is 0 Å². The van der Waals surface area contributed by atoms with Gasteiger partial charge >= 0.3 is 5.97 Å². The van der Waals surface area contributed by atoms with Gasteiger partial charge in [0.25, 0.3) is 0 Å². The van der Waals surface area contributed by atoms with Gasteiger partial charge in [-0.15, -0.1) is 0 Å². The predicted octanol–water partition coefficient (Wildman–Crippen LogP) is 2.44. The molecule has 0 aliphatic carbocycles. The van der Waals surface area contributed by atoms with Crippen molar-refractivity contribution in [3.8, 4) is 5.75 Å². The Morgan fingerprint density at radius 2 is 2.13 bits per heavy atom. The van der Waals surface area contributed by atoms with Crippen LogP contribution in [0.5, 0.6) is 5.75 Å². The van der Waals surface area contributed by atoms with Gasteiger partial charge in [-0.25, -0.2) is 4.79 Å². The van der Waals surface area contributed by atoms with Gasteiger partial charge in [0.15, 0.2) is 0 Å². The van der Waals surface area contributed by atoms with Crippen molar-refractivity contribution in [2.45, 2.75) is 13.8 Å². The van der Waals surface area contributed by atoms with Crippen LogP contribution in [0.25, 0.3) is 0 Å². The maximum atomic E-state index is 10.1. The van der Waals surface area contributed by atoms with Gasteiger partial charge in [-0.05, 0) is 25.5 Å². The topological polar surface area (TPSA) is 46.5 Å². The van der Waals surface area contributed by atoms with E-state index >= 15 is 0 Å². The second-order valence-corrected chi connectivity index (χ2v) is 2.74. The van der Waals surface area contributed by atoms with Gasteiger partial charge in [0.2, 0.25) is 0 Å². The molecule has 0 aliphatic rings. The lowest BCUT2D eigenvalue weighted by Gasteiger charge is -1.92. The van der Waals surface area contributed by atoms with Crippen molar-refractivity contribution in [2.24, 2.45) is 0 Å². The van der Waals surface area contributed by atoms with Gasteiger partial charge in [0.1, 0.15) is 5.75 Å². The minimum atomic E-state index is -0.359. The molecule has 0 amide bonds. The number of carbonyl (C=O) groups excluding carboxylic acids is 1. The summed E-state index contributed by atoms with van der Waals surface area (Å²) < 4.78 is 4.43. The highest BCUT2D eigenvalue weighted by Gasteiger charge is 1.87. The molecule has 0 heterocycles. The number of ether oxygens (including phenoxy) is 1. The molecule has 0 unspecified atom stereocenters. The van der Waals surface area contributed by atoms with Crippen LogP contribution in [-0.4, -0.2) is 17.7 Å². The molecule has 3 nitrogen and oxygen atoms in total. The van der Waals surface area contributed by atoms with E-state index < -0.39 is 0 Å². The standard InChI is InChI=1S/C7H8O.C5H8O2/c1-6-4-2-3-5-7(6)8;1-3-5(6)7-4-2/h2-5,8H,1H3;3H,1,4H2,2H3. The molecule has 0 radical (unpaired) electrons. The number of benzene rings is 1. The molecule has 0 aromatic heterocycles. The van der Waals surface area contributed by atoms with E-state index in [1.165, 1.54) is 0 Å². The zero-order valence-electron chi connectivity index (χ0n) is 9.06. The van der Waals surface area contributed by atoms with Crippen molar-refractivity contribution < 1.29 is 14.6 Å². The van der Waals surface area contributed by atoms with E-state index in [9.17, 15) is 4.79 Å². The van der Waals surface area contributed by atoms with E-state index in [0.717, 1.165) is 11.6 Å². The van der Waals surface area contributed by atoms with Crippen LogP contribution < -0.4 is 0 Å². The summed E-state index contributed by atoms with van der Waals surface area (Å²) in [6, 6.07) is 7.25. The molecule has 3 heteroatoms. The first kappa shape index (κ1) is 13.2. The average molecular weight is 208 g/mol. The highest BCUT2D eigenvalue weighted by Crippen LogP contribution is 2.12. The van der Waals surface area contributed by atoms with Crippen LogP contribution >= 0.6 is 0 Å². The molecule has 0 spiro atoms. The van der Waals surface area contributed by atoms with Gasteiger partial charge in [-0.3, -0.25) is 0 Å². The number of esters is 1. The first-order chi connectivity index (χ1) is 7.11. The predicted molar refractivity (Wildman–Crippen MR) is 59.7 cm³/mol. The quantitative estimate of drug-likeness (QED) is 0.599. The van der Waals surface area contributed by atoms with Crippen molar-refractivity contribution in [1.29, 1.82) is 0 Å². The Bertz CT molecular complexity index is 297. The third kappa shape index (κ3) is 6.32. The minimum absolute atomic E-state index is 0.359. The molecule has 82 valence electrons. The fourth-order valence-electron chi connectivity index (χ4n) is 0.765. The molecular formula is C12H16O3. The van der Waals surface area contributed by atoms with Gasteiger partial charge < -0.3 is 9.84 Å². The Balaban J connectivity index is 0.000000265. The summed E-state index contributed by atoms with van der Waals surface area (Å²) in [7, 11) is 0. The molecular weight excluding hydrogens is 192 g/mol. The lowest BCUT2D eigenvalue weighted by molar-refractivity contribution is -0.137. The molecule has 0 saturated heterocycles. The van der Waals surface area contributed by atoms with Crippen LogP contribution in [0.1, 0.15) is 12.5 Å². The van der Waals surface area contributed by atoms with E-state index in [0.29, 0.717) is 12.4 Å². The Kier molecular flexibility index (Phi) is 6.72. The Morgan fingerprint density at radius 1 is 1.53 bits per heavy atom. The summed E-state index contributed by atoms with van der Waals surface area (Å²) in [6.45, 7) is 7.25.